The van der Waals surface area contributed by atoms with Gasteiger partial charge >= 0.3 is 5.97 Å². The van der Waals surface area contributed by atoms with E-state index in [1.165, 1.54) is 0 Å². The first-order chi connectivity index (χ1) is 8.18. The highest BCUT2D eigenvalue weighted by Crippen LogP contribution is 2.21. The van der Waals surface area contributed by atoms with E-state index in [2.05, 4.69) is 5.32 Å². The smallest absolute Gasteiger partial charge is 0.328 e. The van der Waals surface area contributed by atoms with Crippen LogP contribution in [0.4, 0.5) is 5.69 Å². The zero-order chi connectivity index (χ0) is 12.3. The van der Waals surface area contributed by atoms with E-state index in [0.29, 0.717) is 6.61 Å². The summed E-state index contributed by atoms with van der Waals surface area (Å²) < 4.78 is 5.45. The third kappa shape index (κ3) is 2.77. The molecule has 0 aliphatic carbocycles. The molecule has 17 heavy (non-hydrogen) atoms. The Hall–Kier alpha value is -1.55. The van der Waals surface area contributed by atoms with Crippen molar-refractivity contribution in [3.63, 3.8) is 0 Å². The normalized spacial score (nSPS) is 21.1. The van der Waals surface area contributed by atoms with Crippen molar-refractivity contribution in [2.75, 3.05) is 11.9 Å². The van der Waals surface area contributed by atoms with Crippen LogP contribution in [0.2, 0.25) is 0 Å². The molecule has 1 aliphatic heterocycles. The lowest BCUT2D eigenvalue weighted by molar-refractivity contribution is -0.140. The highest BCUT2D eigenvalue weighted by Gasteiger charge is 2.31. The van der Waals surface area contributed by atoms with Crippen LogP contribution in [-0.2, 0) is 9.53 Å². The van der Waals surface area contributed by atoms with E-state index in [9.17, 15) is 9.90 Å². The number of nitrogens with one attached hydrogen (secondary N) is 1. The van der Waals surface area contributed by atoms with E-state index < -0.39 is 12.0 Å². The van der Waals surface area contributed by atoms with Gasteiger partial charge in [-0.15, -0.1) is 0 Å². The number of anilines is 1. The fourth-order valence-electron chi connectivity index (χ4n) is 2.08. The molecule has 1 saturated heterocycles. The average molecular weight is 235 g/mol. The molecule has 0 bridgehead atoms. The predicted octanol–water partition coefficient (Wildman–Crippen LogP) is 2.04. The molecule has 0 aromatic heterocycles. The van der Waals surface area contributed by atoms with E-state index in [-0.39, 0.29) is 6.10 Å². The van der Waals surface area contributed by atoms with Crippen LogP contribution in [0.1, 0.15) is 18.4 Å². The minimum absolute atomic E-state index is 0.230. The van der Waals surface area contributed by atoms with Crippen LogP contribution in [0.5, 0.6) is 0 Å². The van der Waals surface area contributed by atoms with E-state index in [4.69, 9.17) is 4.74 Å². The molecular weight excluding hydrogens is 218 g/mol. The maximum absolute atomic E-state index is 11.3. The summed E-state index contributed by atoms with van der Waals surface area (Å²) in [5.41, 5.74) is 1.90. The number of carboxylic acids is 1. The third-order valence-electron chi connectivity index (χ3n) is 3.06. The van der Waals surface area contributed by atoms with Gasteiger partial charge in [0.2, 0.25) is 0 Å². The van der Waals surface area contributed by atoms with Crippen LogP contribution in [0.25, 0.3) is 0 Å². The fourth-order valence-corrected chi connectivity index (χ4v) is 2.08. The molecule has 1 aromatic rings. The largest absolute Gasteiger partial charge is 0.480 e. The average Bonchev–Trinajstić information content (AvgIpc) is 2.81. The molecule has 2 atom stereocenters. The Morgan fingerprint density at radius 2 is 2.29 bits per heavy atom. The summed E-state index contributed by atoms with van der Waals surface area (Å²) >= 11 is 0. The standard InChI is InChI=1S/C13H17NO3/c1-9-5-2-3-6-10(9)14-12(13(15)16)11-7-4-8-17-11/h2-3,5-6,11-12,14H,4,7-8H2,1H3,(H,15,16). The Balaban J connectivity index is 2.12. The molecule has 0 saturated carbocycles. The van der Waals surface area contributed by atoms with Gasteiger partial charge in [-0.1, -0.05) is 18.2 Å². The number of para-hydroxylation sites is 1. The molecule has 92 valence electrons. The van der Waals surface area contributed by atoms with Crippen LogP contribution in [-0.4, -0.2) is 29.8 Å². The van der Waals surface area contributed by atoms with Crippen LogP contribution in [0.15, 0.2) is 24.3 Å². The van der Waals surface area contributed by atoms with E-state index >= 15 is 0 Å². The number of rotatable bonds is 4. The lowest BCUT2D eigenvalue weighted by Gasteiger charge is -2.22. The minimum atomic E-state index is -0.861. The zero-order valence-corrected chi connectivity index (χ0v) is 9.85. The highest BCUT2D eigenvalue weighted by molar-refractivity contribution is 5.78. The first-order valence-corrected chi connectivity index (χ1v) is 5.85. The number of aliphatic carboxylic acids is 1. The molecule has 0 radical (unpaired) electrons. The van der Waals surface area contributed by atoms with Crippen LogP contribution in [0.3, 0.4) is 0 Å². The number of benzene rings is 1. The monoisotopic (exact) mass is 235 g/mol. The zero-order valence-electron chi connectivity index (χ0n) is 9.85. The third-order valence-corrected chi connectivity index (χ3v) is 3.06. The summed E-state index contributed by atoms with van der Waals surface area (Å²) in [7, 11) is 0. The van der Waals surface area contributed by atoms with Crippen LogP contribution < -0.4 is 5.32 Å². The van der Waals surface area contributed by atoms with Gasteiger partial charge in [0.05, 0.1) is 6.10 Å². The van der Waals surface area contributed by atoms with Crippen LogP contribution >= 0.6 is 0 Å². The maximum atomic E-state index is 11.3. The molecular formula is C13H17NO3. The molecule has 0 spiro atoms. The van der Waals surface area contributed by atoms with Gasteiger partial charge in [0.15, 0.2) is 6.04 Å². The first kappa shape index (κ1) is 11.9. The van der Waals surface area contributed by atoms with Crippen molar-refractivity contribution in [2.24, 2.45) is 0 Å². The number of aryl methyl sites for hydroxylation is 1. The number of carboxylic acid groups (broad SMARTS) is 1. The van der Waals surface area contributed by atoms with Crippen molar-refractivity contribution in [3.05, 3.63) is 29.8 Å². The molecule has 1 aliphatic rings. The van der Waals surface area contributed by atoms with Gasteiger partial charge in [-0.2, -0.15) is 0 Å². The Bertz CT molecular complexity index is 399. The molecule has 1 aromatic carbocycles. The maximum Gasteiger partial charge on any atom is 0.328 e. The van der Waals surface area contributed by atoms with Crippen molar-refractivity contribution in [3.8, 4) is 0 Å². The second kappa shape index (κ2) is 5.19. The molecule has 2 N–H and O–H groups in total. The summed E-state index contributed by atoms with van der Waals surface area (Å²) in [6, 6.07) is 7.00. The topological polar surface area (TPSA) is 58.6 Å². The van der Waals surface area contributed by atoms with E-state index in [1.54, 1.807) is 0 Å². The van der Waals surface area contributed by atoms with Gasteiger partial charge in [0.1, 0.15) is 0 Å². The summed E-state index contributed by atoms with van der Waals surface area (Å²) in [6.45, 7) is 2.61. The Morgan fingerprint density at radius 1 is 1.53 bits per heavy atom. The van der Waals surface area contributed by atoms with Crippen molar-refractivity contribution >= 4 is 11.7 Å². The molecule has 2 unspecified atom stereocenters. The quantitative estimate of drug-likeness (QED) is 0.838. The molecule has 2 rings (SSSR count). The van der Waals surface area contributed by atoms with Crippen molar-refractivity contribution in [1.29, 1.82) is 0 Å². The molecule has 4 heteroatoms. The van der Waals surface area contributed by atoms with Gasteiger partial charge in [0, 0.05) is 12.3 Å². The fraction of sp³-hybridized carbons (Fsp3) is 0.462. The lowest BCUT2D eigenvalue weighted by atomic mass is 10.1. The number of hydrogen-bond donors (Lipinski definition) is 2. The SMILES string of the molecule is Cc1ccccc1NC(C(=O)O)C1CCCO1. The van der Waals surface area contributed by atoms with Gasteiger partial charge in [0.25, 0.3) is 0 Å². The summed E-state index contributed by atoms with van der Waals surface area (Å²) in [4.78, 5) is 11.3. The molecule has 4 nitrogen and oxygen atoms in total. The van der Waals surface area contributed by atoms with Crippen LogP contribution in [0, 0.1) is 6.92 Å². The van der Waals surface area contributed by atoms with E-state index in [0.717, 1.165) is 24.1 Å². The second-order valence-corrected chi connectivity index (χ2v) is 4.33. The predicted molar refractivity (Wildman–Crippen MR) is 65.2 cm³/mol. The number of hydrogen-bond acceptors (Lipinski definition) is 3. The Labute approximate surface area is 101 Å². The van der Waals surface area contributed by atoms with Gasteiger partial charge in [-0.05, 0) is 31.4 Å². The Morgan fingerprint density at radius 3 is 2.88 bits per heavy atom. The number of carbonyl (C=O) groups is 1. The lowest BCUT2D eigenvalue weighted by Crippen LogP contribution is -2.40. The molecule has 1 heterocycles. The van der Waals surface area contributed by atoms with Gasteiger partial charge in [-0.25, -0.2) is 4.79 Å². The highest BCUT2D eigenvalue weighted by atomic mass is 16.5. The van der Waals surface area contributed by atoms with E-state index in [1.807, 2.05) is 31.2 Å². The van der Waals surface area contributed by atoms with Crippen molar-refractivity contribution in [1.82, 2.24) is 0 Å². The number of ether oxygens (including phenoxy) is 1. The van der Waals surface area contributed by atoms with Gasteiger partial charge in [-0.3, -0.25) is 0 Å². The van der Waals surface area contributed by atoms with Crippen molar-refractivity contribution < 1.29 is 14.6 Å². The molecule has 1 fully saturated rings. The Kier molecular flexibility index (Phi) is 3.64. The summed E-state index contributed by atoms with van der Waals surface area (Å²) in [6.07, 6.45) is 1.51. The van der Waals surface area contributed by atoms with Crippen molar-refractivity contribution in [2.45, 2.75) is 31.9 Å². The second-order valence-electron chi connectivity index (χ2n) is 4.33. The first-order valence-electron chi connectivity index (χ1n) is 5.85. The molecule has 0 amide bonds. The minimum Gasteiger partial charge on any atom is -0.480 e. The van der Waals surface area contributed by atoms with Gasteiger partial charge < -0.3 is 15.2 Å². The summed E-state index contributed by atoms with van der Waals surface area (Å²) in [5.74, 6) is -0.861. The summed E-state index contributed by atoms with van der Waals surface area (Å²) in [5, 5.41) is 12.3.